The van der Waals surface area contributed by atoms with Crippen LogP contribution in [0.1, 0.15) is 32.8 Å². The van der Waals surface area contributed by atoms with Crippen LogP contribution in [0.15, 0.2) is 52.1 Å². The zero-order valence-electron chi connectivity index (χ0n) is 19.5. The number of nitrogens with one attached hydrogen (secondary N) is 3. The third kappa shape index (κ3) is 11.1. The van der Waals surface area contributed by atoms with Crippen LogP contribution in [0.2, 0.25) is 0 Å². The Kier molecular flexibility index (Phi) is 13.9. The minimum atomic E-state index is -0.800. The number of carbonyl (C=O) groups is 3. The summed E-state index contributed by atoms with van der Waals surface area (Å²) in [6.45, 7) is 7.57. The highest BCUT2D eigenvalue weighted by molar-refractivity contribution is 8.77. The molecule has 10 heteroatoms. The smallest absolute Gasteiger partial charge is 0.258 e. The lowest BCUT2D eigenvalue weighted by Gasteiger charge is -2.26. The molecule has 3 atom stereocenters. The highest BCUT2D eigenvalue weighted by Gasteiger charge is 2.36. The van der Waals surface area contributed by atoms with Gasteiger partial charge in [0, 0.05) is 7.05 Å². The van der Waals surface area contributed by atoms with Crippen LogP contribution in [0.5, 0.6) is 0 Å². The van der Waals surface area contributed by atoms with Gasteiger partial charge in [-0.2, -0.15) is 0 Å². The molecule has 182 valence electrons. The minimum absolute atomic E-state index is 0.155. The molecule has 0 saturated carbocycles. The number of amides is 3. The number of rotatable bonds is 10. The molecule has 1 aromatic heterocycles. The normalized spacial score (nSPS) is 13.2. The zero-order valence-corrected chi connectivity index (χ0v) is 22.0. The molecule has 4 N–H and O–H groups in total. The summed E-state index contributed by atoms with van der Waals surface area (Å²) in [5.41, 5.74) is 2.98. The molecule has 0 fully saturated rings. The summed E-state index contributed by atoms with van der Waals surface area (Å²) in [5, 5.41) is 15.4. The Hall–Kier alpha value is -2.01. The van der Waals surface area contributed by atoms with E-state index in [4.69, 9.17) is 5.21 Å². The largest absolute Gasteiger partial charge is 0.357 e. The predicted octanol–water partition coefficient (Wildman–Crippen LogP) is 4.27. The van der Waals surface area contributed by atoms with Crippen LogP contribution in [-0.4, -0.2) is 41.3 Å². The first kappa shape index (κ1) is 29.0. The fourth-order valence-corrected chi connectivity index (χ4v) is 6.53. The van der Waals surface area contributed by atoms with Crippen molar-refractivity contribution in [2.45, 2.75) is 49.6 Å². The van der Waals surface area contributed by atoms with Gasteiger partial charge in [0.1, 0.15) is 11.3 Å². The maximum atomic E-state index is 12.8. The Morgan fingerprint density at radius 1 is 1.00 bits per heavy atom. The second-order valence-corrected chi connectivity index (χ2v) is 11.3. The van der Waals surface area contributed by atoms with Crippen LogP contribution in [-0.2, 0) is 14.4 Å². The van der Waals surface area contributed by atoms with Crippen molar-refractivity contribution in [2.75, 3.05) is 7.05 Å². The van der Waals surface area contributed by atoms with Gasteiger partial charge in [-0.25, -0.2) is 5.48 Å². The van der Waals surface area contributed by atoms with Gasteiger partial charge in [-0.05, 0) is 48.4 Å². The van der Waals surface area contributed by atoms with E-state index in [1.54, 1.807) is 12.4 Å². The molecule has 2 aromatic rings. The summed E-state index contributed by atoms with van der Waals surface area (Å²) in [7, 11) is 4.10. The molecule has 1 aromatic carbocycles. The number of carbonyl (C=O) groups excluding carboxylic acids is 3. The van der Waals surface area contributed by atoms with Crippen molar-refractivity contribution < 1.29 is 19.6 Å². The molecule has 0 radical (unpaired) electrons. The van der Waals surface area contributed by atoms with Gasteiger partial charge in [-0.15, -0.1) is 11.3 Å². The number of aryl methyl sites for hydroxylation is 1. The van der Waals surface area contributed by atoms with Gasteiger partial charge >= 0.3 is 0 Å². The first-order valence-electron chi connectivity index (χ1n) is 10.5. The second kappa shape index (κ2) is 15.8. The number of thiophene rings is 1. The molecule has 7 nitrogen and oxygen atoms in total. The highest BCUT2D eigenvalue weighted by Crippen LogP contribution is 2.41. The summed E-state index contributed by atoms with van der Waals surface area (Å²) in [6.07, 6.45) is 0.447. The Labute approximate surface area is 207 Å². The van der Waals surface area contributed by atoms with Crippen molar-refractivity contribution in [3.63, 3.8) is 0 Å². The number of hydrogen-bond acceptors (Lipinski definition) is 7. The van der Waals surface area contributed by atoms with Crippen LogP contribution < -0.4 is 16.1 Å². The van der Waals surface area contributed by atoms with Gasteiger partial charge in [0.05, 0.1) is 10.1 Å². The van der Waals surface area contributed by atoms with Gasteiger partial charge in [0.25, 0.3) is 5.91 Å². The van der Waals surface area contributed by atoms with E-state index in [-0.39, 0.29) is 17.7 Å². The Morgan fingerprint density at radius 3 is 2.12 bits per heavy atom. The maximum absolute atomic E-state index is 12.8. The van der Waals surface area contributed by atoms with Gasteiger partial charge in [0.15, 0.2) is 0 Å². The summed E-state index contributed by atoms with van der Waals surface area (Å²) in [5.74, 6) is -1.87. The number of hydrogen-bond donors (Lipinski definition) is 4. The van der Waals surface area contributed by atoms with Crippen LogP contribution in [0.25, 0.3) is 0 Å². The van der Waals surface area contributed by atoms with E-state index in [9.17, 15) is 14.4 Å². The minimum Gasteiger partial charge on any atom is -0.357 e. The van der Waals surface area contributed by atoms with E-state index >= 15 is 0 Å². The van der Waals surface area contributed by atoms with Gasteiger partial charge < -0.3 is 10.6 Å². The maximum Gasteiger partial charge on any atom is 0.258 e. The molecule has 0 bridgehead atoms. The molecule has 0 saturated heterocycles. The van der Waals surface area contributed by atoms with Crippen molar-refractivity contribution in [2.24, 2.45) is 11.8 Å². The molecular weight excluding hydrogens is 478 g/mol. The Bertz CT molecular complexity index is 848. The van der Waals surface area contributed by atoms with Crippen molar-refractivity contribution in [1.29, 1.82) is 0 Å². The molecule has 0 aliphatic carbocycles. The third-order valence-corrected chi connectivity index (χ3v) is 8.58. The number of hydroxylamine groups is 1. The molecule has 2 rings (SSSR count). The molecule has 0 aliphatic rings. The van der Waals surface area contributed by atoms with Crippen molar-refractivity contribution in [3.8, 4) is 0 Å². The van der Waals surface area contributed by atoms with Crippen molar-refractivity contribution in [3.05, 3.63) is 53.4 Å². The van der Waals surface area contributed by atoms with Crippen LogP contribution in [0.4, 0.5) is 0 Å². The molecule has 0 aliphatic heterocycles. The molecular formula is C23H33N3O4S3. The molecule has 3 unspecified atom stereocenters. The summed E-state index contributed by atoms with van der Waals surface area (Å²) < 4.78 is 0.994. The molecule has 33 heavy (non-hydrogen) atoms. The van der Waals surface area contributed by atoms with E-state index in [0.717, 1.165) is 4.21 Å². The first-order chi connectivity index (χ1) is 15.7. The quantitative estimate of drug-likeness (QED) is 0.216. The van der Waals surface area contributed by atoms with E-state index in [0.29, 0.717) is 6.42 Å². The van der Waals surface area contributed by atoms with Crippen LogP contribution in [0, 0.1) is 18.8 Å². The summed E-state index contributed by atoms with van der Waals surface area (Å²) in [4.78, 5) is 36.7. The number of likely N-dealkylation sites (N-methyl/N-ethyl adjacent to an activating group) is 1. The molecule has 0 spiro atoms. The predicted molar refractivity (Wildman–Crippen MR) is 137 cm³/mol. The summed E-state index contributed by atoms with van der Waals surface area (Å²) in [6, 6.07) is 13.4. The topological polar surface area (TPSA) is 108 Å². The number of benzene rings is 1. The average Bonchev–Trinajstić information content (AvgIpc) is 3.31. The Balaban J connectivity index is 0.000000657. The first-order valence-corrected chi connectivity index (χ1v) is 13.6. The van der Waals surface area contributed by atoms with Gasteiger partial charge in [-0.3, -0.25) is 19.6 Å². The lowest BCUT2D eigenvalue weighted by Crippen LogP contribution is -2.49. The van der Waals surface area contributed by atoms with Crippen molar-refractivity contribution >= 4 is 50.6 Å². The van der Waals surface area contributed by atoms with Crippen molar-refractivity contribution in [1.82, 2.24) is 16.1 Å². The van der Waals surface area contributed by atoms with Crippen LogP contribution >= 0.6 is 32.9 Å². The molecule has 3 amide bonds. The zero-order chi connectivity index (χ0) is 24.8. The molecule has 1 heterocycles. The van der Waals surface area contributed by atoms with E-state index in [1.807, 2.05) is 49.6 Å². The van der Waals surface area contributed by atoms with E-state index < -0.39 is 23.1 Å². The van der Waals surface area contributed by atoms with Gasteiger partial charge in [-0.1, -0.05) is 66.6 Å². The van der Waals surface area contributed by atoms with Crippen LogP contribution in [0.3, 0.4) is 0 Å². The van der Waals surface area contributed by atoms with Gasteiger partial charge in [0.2, 0.25) is 11.8 Å². The van der Waals surface area contributed by atoms with E-state index in [1.165, 1.54) is 45.5 Å². The highest BCUT2D eigenvalue weighted by atomic mass is 33.1. The Morgan fingerprint density at radius 2 is 1.67 bits per heavy atom. The lowest BCUT2D eigenvalue weighted by molar-refractivity contribution is -0.135. The SMILES string of the molecule is CNC(=O)C(C)NC(=O)C(CC(C)C)C(SSc1cccs1)C(=O)NO.Cc1ccccc1. The average molecular weight is 512 g/mol. The van der Waals surface area contributed by atoms with E-state index in [2.05, 4.69) is 29.7 Å². The lowest BCUT2D eigenvalue weighted by atomic mass is 9.92. The summed E-state index contributed by atoms with van der Waals surface area (Å²) >= 11 is 1.53. The standard InChI is InChI=1S/C16H25N3O4S3.C7H8/c1-9(2)8-11(15(21)18-10(3)14(20)17-4)13(16(22)19-23)26-25-12-6-5-7-24-12;1-7-5-3-2-4-6-7/h5-7,9-11,13,23H,8H2,1-4H3,(H,17,20)(H,18,21)(H,19,22);2-6H,1H3. The second-order valence-electron chi connectivity index (χ2n) is 7.74. The fraction of sp³-hybridized carbons (Fsp3) is 0.435. The fourth-order valence-electron chi connectivity index (χ4n) is 2.78. The third-order valence-electron chi connectivity index (χ3n) is 4.46. The monoisotopic (exact) mass is 511 g/mol.